The molecule has 0 radical (unpaired) electrons. The SMILES string of the molecule is CCn1c(SCc2ccccc2Cl)nnc1C(C)Oc1cccc(OC)c1. The average molecular weight is 404 g/mol. The van der Waals surface area contributed by atoms with Crippen LogP contribution in [0, 0.1) is 0 Å². The van der Waals surface area contributed by atoms with Crippen molar-refractivity contribution in [1.29, 1.82) is 0 Å². The summed E-state index contributed by atoms with van der Waals surface area (Å²) < 4.78 is 13.4. The van der Waals surface area contributed by atoms with E-state index in [0.717, 1.165) is 45.4 Å². The summed E-state index contributed by atoms with van der Waals surface area (Å²) >= 11 is 7.87. The maximum absolute atomic E-state index is 6.25. The molecule has 0 fully saturated rings. The van der Waals surface area contributed by atoms with Crippen LogP contribution in [0.1, 0.15) is 31.3 Å². The van der Waals surface area contributed by atoms with Crippen molar-refractivity contribution in [3.63, 3.8) is 0 Å². The number of benzene rings is 2. The number of aromatic nitrogens is 3. The Morgan fingerprint density at radius 2 is 1.89 bits per heavy atom. The number of hydrogen-bond acceptors (Lipinski definition) is 5. The third kappa shape index (κ3) is 4.76. The topological polar surface area (TPSA) is 49.2 Å². The summed E-state index contributed by atoms with van der Waals surface area (Å²) in [5.41, 5.74) is 1.08. The first kappa shape index (κ1) is 19.6. The van der Waals surface area contributed by atoms with Gasteiger partial charge in [0.2, 0.25) is 0 Å². The lowest BCUT2D eigenvalue weighted by molar-refractivity contribution is 0.209. The zero-order chi connectivity index (χ0) is 19.2. The monoisotopic (exact) mass is 403 g/mol. The van der Waals surface area contributed by atoms with E-state index in [2.05, 4.69) is 21.7 Å². The van der Waals surface area contributed by atoms with E-state index in [1.165, 1.54) is 0 Å². The number of ether oxygens (including phenoxy) is 2. The molecule has 0 amide bonds. The van der Waals surface area contributed by atoms with Gasteiger partial charge in [-0.3, -0.25) is 0 Å². The largest absolute Gasteiger partial charge is 0.497 e. The highest BCUT2D eigenvalue weighted by Crippen LogP contribution is 2.29. The van der Waals surface area contributed by atoms with Gasteiger partial charge in [0.1, 0.15) is 11.5 Å². The third-order valence-corrected chi connectivity index (χ3v) is 5.48. The van der Waals surface area contributed by atoms with Crippen molar-refractivity contribution in [1.82, 2.24) is 14.8 Å². The van der Waals surface area contributed by atoms with Gasteiger partial charge in [0.25, 0.3) is 0 Å². The van der Waals surface area contributed by atoms with Gasteiger partial charge in [-0.05, 0) is 37.6 Å². The summed E-state index contributed by atoms with van der Waals surface area (Å²) in [6, 6.07) is 15.4. The minimum atomic E-state index is -0.237. The first-order valence-electron chi connectivity index (χ1n) is 8.72. The maximum Gasteiger partial charge on any atom is 0.191 e. The molecular formula is C20H22ClN3O2S. The fourth-order valence-corrected chi connectivity index (χ4v) is 3.99. The molecule has 0 aliphatic heterocycles. The lowest BCUT2D eigenvalue weighted by Gasteiger charge is -2.16. The zero-order valence-electron chi connectivity index (χ0n) is 15.6. The van der Waals surface area contributed by atoms with Crippen LogP contribution in [0.2, 0.25) is 5.02 Å². The van der Waals surface area contributed by atoms with Crippen LogP contribution in [0.25, 0.3) is 0 Å². The van der Waals surface area contributed by atoms with Gasteiger partial charge >= 0.3 is 0 Å². The molecule has 27 heavy (non-hydrogen) atoms. The fourth-order valence-electron chi connectivity index (χ4n) is 2.69. The number of halogens is 1. The minimum absolute atomic E-state index is 0.237. The first-order chi connectivity index (χ1) is 13.1. The average Bonchev–Trinajstić information content (AvgIpc) is 3.10. The van der Waals surface area contributed by atoms with Crippen LogP contribution in [0.5, 0.6) is 11.5 Å². The zero-order valence-corrected chi connectivity index (χ0v) is 17.1. The second-order valence-corrected chi connectivity index (χ2v) is 7.25. The van der Waals surface area contributed by atoms with Crippen LogP contribution < -0.4 is 9.47 Å². The number of methoxy groups -OCH3 is 1. The molecule has 2 aromatic carbocycles. The molecule has 1 unspecified atom stereocenters. The van der Waals surface area contributed by atoms with Gasteiger partial charge in [0, 0.05) is 23.4 Å². The molecule has 0 saturated carbocycles. The Kier molecular flexibility index (Phi) is 6.63. The van der Waals surface area contributed by atoms with Crippen molar-refractivity contribution in [3.8, 4) is 11.5 Å². The third-order valence-electron chi connectivity index (χ3n) is 4.09. The van der Waals surface area contributed by atoms with E-state index in [1.807, 2.05) is 55.5 Å². The van der Waals surface area contributed by atoms with Crippen molar-refractivity contribution < 1.29 is 9.47 Å². The number of nitrogens with zero attached hydrogens (tertiary/aromatic N) is 3. The van der Waals surface area contributed by atoms with Crippen LogP contribution in [-0.4, -0.2) is 21.9 Å². The predicted octanol–water partition coefficient (Wildman–Crippen LogP) is 5.39. The van der Waals surface area contributed by atoms with Gasteiger partial charge in [-0.15, -0.1) is 10.2 Å². The maximum atomic E-state index is 6.25. The highest BCUT2D eigenvalue weighted by Gasteiger charge is 2.19. The Labute approximate surface area is 168 Å². The molecule has 3 rings (SSSR count). The van der Waals surface area contributed by atoms with Crippen molar-refractivity contribution in [2.45, 2.75) is 37.4 Å². The number of hydrogen-bond donors (Lipinski definition) is 0. The van der Waals surface area contributed by atoms with Gasteiger partial charge < -0.3 is 14.0 Å². The summed E-state index contributed by atoms with van der Waals surface area (Å²) in [5, 5.41) is 10.3. The Balaban J connectivity index is 1.73. The Morgan fingerprint density at radius 1 is 1.11 bits per heavy atom. The first-order valence-corrected chi connectivity index (χ1v) is 10.1. The lowest BCUT2D eigenvalue weighted by Crippen LogP contribution is -2.12. The molecule has 0 bridgehead atoms. The highest BCUT2D eigenvalue weighted by molar-refractivity contribution is 7.98. The molecule has 3 aromatic rings. The smallest absolute Gasteiger partial charge is 0.191 e. The van der Waals surface area contributed by atoms with Crippen molar-refractivity contribution in [3.05, 3.63) is 64.9 Å². The van der Waals surface area contributed by atoms with E-state index >= 15 is 0 Å². The highest BCUT2D eigenvalue weighted by atomic mass is 35.5. The van der Waals surface area contributed by atoms with Crippen LogP contribution in [0.15, 0.2) is 53.7 Å². The van der Waals surface area contributed by atoms with Gasteiger partial charge in [-0.2, -0.15) is 0 Å². The van der Waals surface area contributed by atoms with Crippen LogP contribution in [0.4, 0.5) is 0 Å². The molecule has 0 N–H and O–H groups in total. The van der Waals surface area contributed by atoms with Gasteiger partial charge in [-0.1, -0.05) is 47.6 Å². The van der Waals surface area contributed by atoms with Gasteiger partial charge in [0.15, 0.2) is 17.1 Å². The molecule has 0 aliphatic rings. The summed E-state index contributed by atoms with van der Waals surface area (Å²) in [5.74, 6) is 3.02. The number of rotatable bonds is 8. The molecule has 0 aliphatic carbocycles. The normalized spacial score (nSPS) is 12.0. The van der Waals surface area contributed by atoms with Gasteiger partial charge in [0.05, 0.1) is 7.11 Å². The Hall–Kier alpha value is -2.18. The van der Waals surface area contributed by atoms with Crippen LogP contribution in [0.3, 0.4) is 0 Å². The quantitative estimate of drug-likeness (QED) is 0.472. The van der Waals surface area contributed by atoms with Crippen LogP contribution in [-0.2, 0) is 12.3 Å². The minimum Gasteiger partial charge on any atom is -0.497 e. The Morgan fingerprint density at radius 3 is 2.63 bits per heavy atom. The molecule has 0 spiro atoms. The number of thioether (sulfide) groups is 1. The summed E-state index contributed by atoms with van der Waals surface area (Å²) in [7, 11) is 1.64. The molecular weight excluding hydrogens is 382 g/mol. The van der Waals surface area contributed by atoms with Crippen molar-refractivity contribution in [2.24, 2.45) is 0 Å². The van der Waals surface area contributed by atoms with E-state index in [0.29, 0.717) is 0 Å². The van der Waals surface area contributed by atoms with Gasteiger partial charge in [-0.25, -0.2) is 0 Å². The van der Waals surface area contributed by atoms with E-state index in [-0.39, 0.29) is 6.10 Å². The molecule has 5 nitrogen and oxygen atoms in total. The molecule has 1 heterocycles. The molecule has 142 valence electrons. The second-order valence-electron chi connectivity index (χ2n) is 5.90. The standard InChI is InChI=1S/C20H22ClN3O2S/c1-4-24-19(14(2)26-17-10-7-9-16(12-17)25-3)22-23-20(24)27-13-15-8-5-6-11-18(15)21/h5-12,14H,4,13H2,1-3H3. The Bertz CT molecular complexity index is 900. The fraction of sp³-hybridized carbons (Fsp3) is 0.300. The van der Waals surface area contributed by atoms with E-state index in [4.69, 9.17) is 21.1 Å². The lowest BCUT2D eigenvalue weighted by atomic mass is 10.2. The second kappa shape index (κ2) is 9.15. The molecule has 1 aromatic heterocycles. The summed E-state index contributed by atoms with van der Waals surface area (Å²) in [6.45, 7) is 4.81. The van der Waals surface area contributed by atoms with E-state index < -0.39 is 0 Å². The predicted molar refractivity (Wildman–Crippen MR) is 109 cm³/mol. The molecule has 0 saturated heterocycles. The van der Waals surface area contributed by atoms with Crippen LogP contribution >= 0.6 is 23.4 Å². The molecule has 7 heteroatoms. The molecule has 1 atom stereocenters. The van der Waals surface area contributed by atoms with Crippen molar-refractivity contribution in [2.75, 3.05) is 7.11 Å². The van der Waals surface area contributed by atoms with E-state index in [9.17, 15) is 0 Å². The van der Waals surface area contributed by atoms with E-state index in [1.54, 1.807) is 18.9 Å². The van der Waals surface area contributed by atoms with Crippen molar-refractivity contribution >= 4 is 23.4 Å². The summed E-state index contributed by atoms with van der Waals surface area (Å²) in [6.07, 6.45) is -0.237. The summed E-state index contributed by atoms with van der Waals surface area (Å²) in [4.78, 5) is 0.